The second-order valence-electron chi connectivity index (χ2n) is 15.4. The van der Waals surface area contributed by atoms with Crippen LogP contribution in [0.1, 0.15) is 48.7 Å². The Morgan fingerprint density at radius 3 is 1.39 bits per heavy atom. The molecule has 2 aromatic heterocycles. The van der Waals surface area contributed by atoms with Crippen LogP contribution in [-0.4, -0.2) is 123 Å². The van der Waals surface area contributed by atoms with Crippen molar-refractivity contribution < 1.29 is 72.7 Å². The fraction of sp³-hybridized carbons (Fsp3) is 0.292. The van der Waals surface area contributed by atoms with Gasteiger partial charge in [-0.3, -0.25) is 14.4 Å². The van der Waals surface area contributed by atoms with E-state index >= 15 is 0 Å². The molecule has 10 N–H and O–H groups in total. The molecule has 21 nitrogen and oxygen atoms in total. The molecule has 0 bridgehead atoms. The molecule has 6 rings (SSSR count). The number of hydrogen-bond donors (Lipinski definition) is 9. The van der Waals surface area contributed by atoms with Gasteiger partial charge in [0.05, 0.1) is 22.3 Å². The van der Waals surface area contributed by atoms with Crippen molar-refractivity contribution in [2.75, 3.05) is 50.2 Å². The summed E-state index contributed by atoms with van der Waals surface area (Å²) in [6.07, 6.45) is -1.69. The Hall–Kier alpha value is -7.24. The molecule has 6 aromatic rings. The van der Waals surface area contributed by atoms with Gasteiger partial charge in [-0.1, -0.05) is 33.5 Å². The molecule has 71 heavy (non-hydrogen) atoms. The summed E-state index contributed by atoms with van der Waals surface area (Å²) < 4.78 is 32.7. The molecular weight excluding hydrogens is 971 g/mol. The van der Waals surface area contributed by atoms with E-state index in [1.807, 2.05) is 27.7 Å². The van der Waals surface area contributed by atoms with E-state index in [1.54, 1.807) is 84.9 Å². The number of benzene rings is 4. The first kappa shape index (κ1) is 56.3. The number of aliphatic hydroxyl groups is 4. The minimum absolute atomic E-state index is 0.00194. The standard InChI is InChI=1S/C24H26ClN3O7.C22H24ClN3O5.C2H4O3/c1-14(2)34-21-8-3-15(9-19(21)25)22-10-20(28-35-22)24(32)27-16-4-6-18(7-5-16)33-13-17(30)11-26-23(31)12-29;1-13(2)30-20-8-3-14(9-18(20)23)21-10-19(26-31-21)22(28)25-15-4-6-17(7-5-15)29-12-16(27)11-24;3-1-2(4)5/h3-10,14,17,29-30H,11-13H2,1-2H3,(H,26,31)(H,27,32);3-10,13,16,27H,11-12,24H2,1-2H3,(H,25,28);3H,1H2,(H,4,5). The molecular formula is C48H54Cl2N6O15. The molecule has 3 amide bonds. The van der Waals surface area contributed by atoms with Gasteiger partial charge in [-0.2, -0.15) is 0 Å². The number of carboxylic acids is 1. The predicted molar refractivity (Wildman–Crippen MR) is 261 cm³/mol. The van der Waals surface area contributed by atoms with Gasteiger partial charge >= 0.3 is 5.97 Å². The third-order valence-corrected chi connectivity index (χ3v) is 9.43. The Labute approximate surface area is 417 Å². The molecule has 2 atom stereocenters. The second-order valence-corrected chi connectivity index (χ2v) is 16.2. The number of aliphatic carboxylic acids is 1. The smallest absolute Gasteiger partial charge is 0.329 e. The lowest BCUT2D eigenvalue weighted by molar-refractivity contribution is -0.140. The molecule has 2 unspecified atom stereocenters. The minimum atomic E-state index is -1.19. The molecule has 0 radical (unpaired) electrons. The number of nitrogens with zero attached hydrogens (tertiary/aromatic N) is 2. The number of carboxylic acid groups (broad SMARTS) is 1. The largest absolute Gasteiger partial charge is 0.491 e. The monoisotopic (exact) mass is 1020 g/mol. The fourth-order valence-electron chi connectivity index (χ4n) is 5.50. The number of hydrogen-bond acceptors (Lipinski definition) is 17. The van der Waals surface area contributed by atoms with Crippen molar-refractivity contribution >= 4 is 58.3 Å². The van der Waals surface area contributed by atoms with E-state index in [2.05, 4.69) is 26.3 Å². The first-order valence-electron chi connectivity index (χ1n) is 21.6. The molecule has 23 heteroatoms. The van der Waals surface area contributed by atoms with Crippen molar-refractivity contribution in [2.45, 2.75) is 52.1 Å². The van der Waals surface area contributed by atoms with Gasteiger partial charge in [-0.25, -0.2) is 4.79 Å². The van der Waals surface area contributed by atoms with Crippen LogP contribution < -0.4 is 40.6 Å². The Kier molecular flexibility index (Phi) is 22.6. The number of ether oxygens (including phenoxy) is 4. The van der Waals surface area contributed by atoms with Gasteiger partial charge < -0.3 is 75.2 Å². The Morgan fingerprint density at radius 1 is 0.634 bits per heavy atom. The van der Waals surface area contributed by atoms with Gasteiger partial charge in [0.25, 0.3) is 11.8 Å². The highest BCUT2D eigenvalue weighted by Crippen LogP contribution is 2.33. The summed E-state index contributed by atoms with van der Waals surface area (Å²) in [5, 5.41) is 59.2. The molecule has 0 saturated heterocycles. The van der Waals surface area contributed by atoms with Crippen molar-refractivity contribution in [1.29, 1.82) is 0 Å². The second kappa shape index (κ2) is 28.4. The van der Waals surface area contributed by atoms with Crippen LogP contribution in [0.3, 0.4) is 0 Å². The number of nitrogens with one attached hydrogen (secondary N) is 3. The van der Waals surface area contributed by atoms with Crippen LogP contribution in [0.5, 0.6) is 23.0 Å². The van der Waals surface area contributed by atoms with Gasteiger partial charge in [0.1, 0.15) is 61.6 Å². The molecule has 0 aliphatic carbocycles. The lowest BCUT2D eigenvalue weighted by Crippen LogP contribution is -2.36. The number of amides is 3. The lowest BCUT2D eigenvalue weighted by Gasteiger charge is -2.13. The van der Waals surface area contributed by atoms with Crippen LogP contribution in [0.2, 0.25) is 10.0 Å². The number of halogens is 2. The summed E-state index contributed by atoms with van der Waals surface area (Å²) in [7, 11) is 0. The maximum absolute atomic E-state index is 12.6. The Bertz CT molecular complexity index is 2640. The SMILES string of the molecule is CC(C)Oc1ccc(-c2cc(C(=O)Nc3ccc(OCC(O)CN)cc3)no2)cc1Cl.CC(C)Oc1ccc(-c2cc(C(=O)Nc3ccc(OCC(O)CNC(=O)CO)cc3)no2)cc1Cl.O=C(O)CO. The summed E-state index contributed by atoms with van der Waals surface area (Å²) in [6, 6.07) is 26.6. The van der Waals surface area contributed by atoms with E-state index in [0.29, 0.717) is 67.1 Å². The third kappa shape index (κ3) is 19.2. The predicted octanol–water partition coefficient (Wildman–Crippen LogP) is 5.68. The van der Waals surface area contributed by atoms with Crippen molar-refractivity contribution in [3.8, 4) is 45.6 Å². The van der Waals surface area contributed by atoms with E-state index in [1.165, 1.54) is 12.1 Å². The Balaban J connectivity index is 0.000000283. The molecule has 0 spiro atoms. The van der Waals surface area contributed by atoms with E-state index in [9.17, 15) is 24.6 Å². The van der Waals surface area contributed by atoms with Gasteiger partial charge in [0, 0.05) is 47.7 Å². The van der Waals surface area contributed by atoms with Crippen molar-refractivity contribution in [1.82, 2.24) is 15.6 Å². The zero-order chi connectivity index (χ0) is 52.0. The maximum Gasteiger partial charge on any atom is 0.329 e. The highest BCUT2D eigenvalue weighted by atomic mass is 35.5. The molecule has 0 aliphatic heterocycles. The highest BCUT2D eigenvalue weighted by Gasteiger charge is 2.18. The van der Waals surface area contributed by atoms with Gasteiger partial charge in [0.2, 0.25) is 5.91 Å². The topological polar surface area (TPSA) is 321 Å². The summed E-state index contributed by atoms with van der Waals surface area (Å²) in [4.78, 5) is 45.1. The number of nitrogens with two attached hydrogens (primary N) is 1. The zero-order valence-corrected chi connectivity index (χ0v) is 40.3. The Morgan fingerprint density at radius 2 is 1.04 bits per heavy atom. The van der Waals surface area contributed by atoms with E-state index < -0.39 is 49.1 Å². The van der Waals surface area contributed by atoms with Gasteiger partial charge in [0.15, 0.2) is 22.9 Å². The van der Waals surface area contributed by atoms with Crippen LogP contribution in [0.15, 0.2) is 106 Å². The third-order valence-electron chi connectivity index (χ3n) is 8.84. The van der Waals surface area contributed by atoms with Crippen LogP contribution in [0, 0.1) is 0 Å². The molecule has 0 aliphatic rings. The summed E-state index contributed by atoms with van der Waals surface area (Å²) in [6.45, 7) is 6.32. The van der Waals surface area contributed by atoms with Gasteiger partial charge in [-0.15, -0.1) is 0 Å². The number of carbonyl (C=O) groups is 4. The molecule has 2 heterocycles. The minimum Gasteiger partial charge on any atom is -0.491 e. The van der Waals surface area contributed by atoms with Crippen LogP contribution >= 0.6 is 23.2 Å². The maximum atomic E-state index is 12.6. The number of aliphatic hydroxyl groups excluding tert-OH is 4. The average Bonchev–Trinajstić information content (AvgIpc) is 4.06. The van der Waals surface area contributed by atoms with E-state index in [4.69, 9.17) is 77.0 Å². The number of aromatic nitrogens is 2. The zero-order valence-electron chi connectivity index (χ0n) is 38.8. The fourth-order valence-corrected chi connectivity index (χ4v) is 5.95. The van der Waals surface area contributed by atoms with E-state index in [-0.39, 0.29) is 49.9 Å². The summed E-state index contributed by atoms with van der Waals surface area (Å²) in [5.41, 5.74) is 7.93. The van der Waals surface area contributed by atoms with E-state index in [0.717, 1.165) is 0 Å². The number of anilines is 2. The lowest BCUT2D eigenvalue weighted by atomic mass is 10.1. The number of carbonyl (C=O) groups excluding carboxylic acids is 3. The summed E-state index contributed by atoms with van der Waals surface area (Å²) >= 11 is 12.5. The molecule has 380 valence electrons. The molecule has 0 fully saturated rings. The van der Waals surface area contributed by atoms with Crippen LogP contribution in [0.25, 0.3) is 22.6 Å². The van der Waals surface area contributed by atoms with Crippen molar-refractivity contribution in [2.24, 2.45) is 5.73 Å². The average molecular weight is 1030 g/mol. The highest BCUT2D eigenvalue weighted by molar-refractivity contribution is 6.32. The van der Waals surface area contributed by atoms with Crippen LogP contribution in [0.4, 0.5) is 11.4 Å². The van der Waals surface area contributed by atoms with Crippen LogP contribution in [-0.2, 0) is 9.59 Å². The molecule has 0 saturated carbocycles. The number of rotatable bonds is 21. The first-order valence-corrected chi connectivity index (χ1v) is 22.3. The quantitative estimate of drug-likeness (QED) is 0.0419. The molecule has 4 aromatic carbocycles. The van der Waals surface area contributed by atoms with Crippen molar-refractivity contribution in [3.63, 3.8) is 0 Å². The van der Waals surface area contributed by atoms with Crippen molar-refractivity contribution in [3.05, 3.63) is 118 Å². The first-order chi connectivity index (χ1) is 33.9. The van der Waals surface area contributed by atoms with Gasteiger partial charge in [-0.05, 0) is 113 Å². The summed E-state index contributed by atoms with van der Waals surface area (Å²) in [5.74, 6) is 0.267. The normalized spacial score (nSPS) is 11.5.